The molecule has 1 aromatic heterocycles. The Morgan fingerprint density at radius 3 is 2.61 bits per heavy atom. The first kappa shape index (κ1) is 20.2. The van der Waals surface area contributed by atoms with E-state index in [0.717, 1.165) is 29.2 Å². The van der Waals surface area contributed by atoms with Gasteiger partial charge in [-0.05, 0) is 49.2 Å². The third-order valence-corrected chi connectivity index (χ3v) is 4.93. The molecule has 0 spiro atoms. The fourth-order valence-corrected chi connectivity index (χ4v) is 3.33. The van der Waals surface area contributed by atoms with Gasteiger partial charge in [-0.2, -0.15) is 0 Å². The van der Waals surface area contributed by atoms with E-state index in [1.165, 1.54) is 0 Å². The third-order valence-electron chi connectivity index (χ3n) is 4.46. The van der Waals surface area contributed by atoms with E-state index in [1.807, 2.05) is 54.9 Å². The molecule has 2 N–H and O–H groups in total. The van der Waals surface area contributed by atoms with Crippen molar-refractivity contribution in [2.45, 2.75) is 26.9 Å². The molecule has 3 rings (SSSR count). The number of nitrogens with zero attached hydrogens (tertiary/aromatic N) is 2. The average molecular weight is 417 g/mol. The minimum absolute atomic E-state index is 0.180. The van der Waals surface area contributed by atoms with Gasteiger partial charge in [0, 0.05) is 46.8 Å². The first-order chi connectivity index (χ1) is 13.5. The number of hydrogen-bond acceptors (Lipinski definition) is 3. The molecule has 2 aromatic carbocycles. The summed E-state index contributed by atoms with van der Waals surface area (Å²) in [6.07, 6.45) is 3.62. The van der Waals surface area contributed by atoms with E-state index < -0.39 is 0 Å². The molecule has 0 saturated carbocycles. The fourth-order valence-electron chi connectivity index (χ4n) is 2.98. The Morgan fingerprint density at radius 1 is 1.14 bits per heavy atom. The van der Waals surface area contributed by atoms with Gasteiger partial charge in [-0.25, -0.2) is 4.98 Å². The lowest BCUT2D eigenvalue weighted by Crippen LogP contribution is -2.26. The van der Waals surface area contributed by atoms with Gasteiger partial charge in [-0.15, -0.1) is 0 Å². The van der Waals surface area contributed by atoms with Crippen LogP contribution in [0.15, 0.2) is 48.8 Å². The molecule has 0 aliphatic heterocycles. The van der Waals surface area contributed by atoms with Crippen molar-refractivity contribution in [3.05, 3.63) is 81.4 Å². The van der Waals surface area contributed by atoms with E-state index >= 15 is 0 Å². The maximum atomic E-state index is 12.7. The molecule has 5 nitrogen and oxygen atoms in total. The topological polar surface area (TPSA) is 59.0 Å². The highest BCUT2D eigenvalue weighted by Gasteiger charge is 2.14. The summed E-state index contributed by atoms with van der Waals surface area (Å²) in [5.41, 5.74) is 3.40. The first-order valence-corrected chi connectivity index (χ1v) is 9.80. The number of rotatable bonds is 7. The molecule has 1 amide bonds. The summed E-state index contributed by atoms with van der Waals surface area (Å²) >= 11 is 12.1. The molecule has 146 valence electrons. The van der Waals surface area contributed by atoms with E-state index in [4.69, 9.17) is 23.2 Å². The summed E-state index contributed by atoms with van der Waals surface area (Å²) in [7, 11) is 0. The van der Waals surface area contributed by atoms with Crippen molar-refractivity contribution in [3.63, 3.8) is 0 Å². The summed E-state index contributed by atoms with van der Waals surface area (Å²) < 4.78 is 2.00. The Labute approximate surface area is 174 Å². The van der Waals surface area contributed by atoms with E-state index in [9.17, 15) is 4.79 Å². The number of halogens is 2. The second kappa shape index (κ2) is 9.13. The van der Waals surface area contributed by atoms with Crippen molar-refractivity contribution in [1.82, 2.24) is 14.9 Å². The van der Waals surface area contributed by atoms with Crippen LogP contribution in [0.4, 0.5) is 5.69 Å². The lowest BCUT2D eigenvalue weighted by atomic mass is 10.1. The number of benzene rings is 2. The average Bonchev–Trinajstić information content (AvgIpc) is 3.11. The molecular weight excluding hydrogens is 395 g/mol. The Morgan fingerprint density at radius 2 is 1.89 bits per heavy atom. The molecule has 0 bridgehead atoms. The number of anilines is 1. The van der Waals surface area contributed by atoms with E-state index in [1.54, 1.807) is 12.3 Å². The van der Waals surface area contributed by atoms with Crippen LogP contribution in [0.1, 0.15) is 34.2 Å². The SMILES string of the molecule is CCNc1cc(Cl)cc(C(=O)NCc2nccn2Cc2ccc(Cl)cc2)c1C. The monoisotopic (exact) mass is 416 g/mol. The molecule has 3 aromatic rings. The summed E-state index contributed by atoms with van der Waals surface area (Å²) in [6.45, 7) is 5.64. The molecule has 0 aliphatic carbocycles. The van der Waals surface area contributed by atoms with Gasteiger partial charge in [-0.1, -0.05) is 35.3 Å². The summed E-state index contributed by atoms with van der Waals surface area (Å²) in [5.74, 6) is 0.593. The summed E-state index contributed by atoms with van der Waals surface area (Å²) in [5, 5.41) is 7.40. The number of carbonyl (C=O) groups is 1. The predicted octanol–water partition coefficient (Wildman–Crippen LogP) is 4.91. The molecular formula is C21H22Cl2N4O. The minimum Gasteiger partial charge on any atom is -0.385 e. The van der Waals surface area contributed by atoms with Gasteiger partial charge in [0.1, 0.15) is 5.82 Å². The zero-order chi connectivity index (χ0) is 20.1. The van der Waals surface area contributed by atoms with Gasteiger partial charge in [0.25, 0.3) is 5.91 Å². The van der Waals surface area contributed by atoms with Crippen molar-refractivity contribution in [2.24, 2.45) is 0 Å². The van der Waals surface area contributed by atoms with Crippen LogP contribution in [0.3, 0.4) is 0 Å². The fraction of sp³-hybridized carbons (Fsp3) is 0.238. The van der Waals surface area contributed by atoms with Crippen molar-refractivity contribution in [2.75, 3.05) is 11.9 Å². The van der Waals surface area contributed by atoms with Gasteiger partial charge < -0.3 is 15.2 Å². The second-order valence-electron chi connectivity index (χ2n) is 6.44. The molecule has 0 radical (unpaired) electrons. The smallest absolute Gasteiger partial charge is 0.252 e. The van der Waals surface area contributed by atoms with Gasteiger partial charge >= 0.3 is 0 Å². The molecule has 0 unspecified atom stereocenters. The van der Waals surface area contributed by atoms with Crippen molar-refractivity contribution in [1.29, 1.82) is 0 Å². The molecule has 0 aliphatic rings. The van der Waals surface area contributed by atoms with Gasteiger partial charge in [0.2, 0.25) is 0 Å². The van der Waals surface area contributed by atoms with Crippen LogP contribution >= 0.6 is 23.2 Å². The minimum atomic E-state index is -0.180. The highest BCUT2D eigenvalue weighted by Crippen LogP contribution is 2.25. The quantitative estimate of drug-likeness (QED) is 0.575. The zero-order valence-electron chi connectivity index (χ0n) is 15.8. The van der Waals surface area contributed by atoms with Crippen molar-refractivity contribution in [3.8, 4) is 0 Å². The Kier molecular flexibility index (Phi) is 6.60. The lowest BCUT2D eigenvalue weighted by molar-refractivity contribution is 0.0949. The van der Waals surface area contributed by atoms with Crippen LogP contribution in [0.5, 0.6) is 0 Å². The normalized spacial score (nSPS) is 10.7. The third kappa shape index (κ3) is 4.86. The van der Waals surface area contributed by atoms with Crippen LogP contribution in [0.25, 0.3) is 0 Å². The van der Waals surface area contributed by atoms with Crippen LogP contribution in [-0.4, -0.2) is 22.0 Å². The summed E-state index contributed by atoms with van der Waals surface area (Å²) in [4.78, 5) is 17.1. The molecule has 1 heterocycles. The number of amides is 1. The zero-order valence-corrected chi connectivity index (χ0v) is 17.3. The molecule has 7 heteroatoms. The van der Waals surface area contributed by atoms with Crippen molar-refractivity contribution < 1.29 is 4.79 Å². The maximum Gasteiger partial charge on any atom is 0.252 e. The number of carbonyl (C=O) groups excluding carboxylic acids is 1. The summed E-state index contributed by atoms with van der Waals surface area (Å²) in [6, 6.07) is 11.2. The molecule has 0 fully saturated rings. The Balaban J connectivity index is 1.71. The van der Waals surface area contributed by atoms with Gasteiger partial charge in [0.05, 0.1) is 6.54 Å². The van der Waals surface area contributed by atoms with Crippen LogP contribution in [0, 0.1) is 6.92 Å². The maximum absolute atomic E-state index is 12.7. The molecule has 28 heavy (non-hydrogen) atoms. The molecule has 0 atom stereocenters. The lowest BCUT2D eigenvalue weighted by Gasteiger charge is -2.14. The highest BCUT2D eigenvalue weighted by atomic mass is 35.5. The predicted molar refractivity (Wildman–Crippen MR) is 114 cm³/mol. The first-order valence-electron chi connectivity index (χ1n) is 9.04. The highest BCUT2D eigenvalue weighted by molar-refractivity contribution is 6.31. The van der Waals surface area contributed by atoms with Gasteiger partial charge in [-0.3, -0.25) is 4.79 Å². The Bertz CT molecular complexity index is 967. The number of aromatic nitrogens is 2. The number of nitrogens with one attached hydrogen (secondary N) is 2. The van der Waals surface area contributed by atoms with Crippen molar-refractivity contribution >= 4 is 34.8 Å². The van der Waals surface area contributed by atoms with E-state index in [0.29, 0.717) is 28.7 Å². The van der Waals surface area contributed by atoms with E-state index in [2.05, 4.69) is 15.6 Å². The molecule has 0 saturated heterocycles. The van der Waals surface area contributed by atoms with Crippen LogP contribution < -0.4 is 10.6 Å². The largest absolute Gasteiger partial charge is 0.385 e. The second-order valence-corrected chi connectivity index (χ2v) is 7.31. The number of imidazole rings is 1. The van der Waals surface area contributed by atoms with Crippen LogP contribution in [0.2, 0.25) is 10.0 Å². The standard InChI is InChI=1S/C21H22Cl2N4O/c1-3-24-19-11-17(23)10-18(14(19)2)21(28)26-12-20-25-8-9-27(20)13-15-4-6-16(22)7-5-15/h4-11,24H,3,12-13H2,1-2H3,(H,26,28). The Hall–Kier alpha value is -2.50. The number of hydrogen-bond donors (Lipinski definition) is 2. The van der Waals surface area contributed by atoms with Gasteiger partial charge in [0.15, 0.2) is 0 Å². The van der Waals surface area contributed by atoms with E-state index in [-0.39, 0.29) is 5.91 Å². The van der Waals surface area contributed by atoms with Crippen LogP contribution in [-0.2, 0) is 13.1 Å².